The van der Waals surface area contributed by atoms with Crippen LogP contribution in [0.4, 0.5) is 0 Å². The van der Waals surface area contributed by atoms with Gasteiger partial charge in [0, 0.05) is 18.4 Å². The van der Waals surface area contributed by atoms with Crippen LogP contribution in [0.1, 0.15) is 28.2 Å². The van der Waals surface area contributed by atoms with Crippen molar-refractivity contribution in [3.63, 3.8) is 0 Å². The van der Waals surface area contributed by atoms with Gasteiger partial charge in [0.2, 0.25) is 0 Å². The number of methoxy groups -OCH3 is 1. The lowest BCUT2D eigenvalue weighted by Crippen LogP contribution is -2.14. The molecule has 2 rings (SSSR count). The van der Waals surface area contributed by atoms with E-state index in [4.69, 9.17) is 4.74 Å². The van der Waals surface area contributed by atoms with Gasteiger partial charge in [-0.05, 0) is 40.2 Å². The van der Waals surface area contributed by atoms with Crippen LogP contribution in [0, 0.1) is 0 Å². The molecule has 0 aliphatic heterocycles. The molecule has 0 fully saturated rings. The van der Waals surface area contributed by atoms with Gasteiger partial charge in [-0.1, -0.05) is 6.07 Å². The molecular weight excluding hydrogens is 340 g/mol. The molecule has 0 atom stereocenters. The highest BCUT2D eigenvalue weighted by Gasteiger charge is 2.16. The van der Waals surface area contributed by atoms with Crippen molar-refractivity contribution in [1.29, 1.82) is 0 Å². The third kappa shape index (κ3) is 4.01. The Labute approximate surface area is 130 Å². The Morgan fingerprint density at radius 3 is 3.10 bits per heavy atom. The first-order valence-corrected chi connectivity index (χ1v) is 8.15. The summed E-state index contributed by atoms with van der Waals surface area (Å²) in [6.07, 6.45) is 4.02. The van der Waals surface area contributed by atoms with Gasteiger partial charge in [0.15, 0.2) is 5.78 Å². The highest BCUT2D eigenvalue weighted by atomic mass is 79.9. The van der Waals surface area contributed by atoms with E-state index in [0.29, 0.717) is 25.3 Å². The Morgan fingerprint density at radius 2 is 2.40 bits per heavy atom. The summed E-state index contributed by atoms with van der Waals surface area (Å²) >= 11 is 5.13. The molecule has 0 radical (unpaired) electrons. The fourth-order valence-corrected chi connectivity index (χ4v) is 3.25. The number of carbonyl (C=O) groups excluding carboxylic acids is 1. The summed E-state index contributed by atoms with van der Waals surface area (Å²) < 4.78 is 7.50. The number of Topliss-reactive ketones (excluding diaryl/α,β-unsaturated/α-hetero) is 1. The van der Waals surface area contributed by atoms with Crippen molar-refractivity contribution in [2.24, 2.45) is 0 Å². The molecule has 2 aromatic heterocycles. The topological polar surface area (TPSA) is 44.1 Å². The zero-order chi connectivity index (χ0) is 14.4. The van der Waals surface area contributed by atoms with E-state index in [-0.39, 0.29) is 5.78 Å². The zero-order valence-electron chi connectivity index (χ0n) is 11.3. The van der Waals surface area contributed by atoms with Gasteiger partial charge < -0.3 is 4.74 Å². The maximum absolute atomic E-state index is 12.3. The minimum atomic E-state index is 0.127. The van der Waals surface area contributed by atoms with Crippen molar-refractivity contribution >= 4 is 33.0 Å². The normalized spacial score (nSPS) is 10.9. The number of hydrogen-bond donors (Lipinski definition) is 0. The Kier molecular flexibility index (Phi) is 5.94. The lowest BCUT2D eigenvalue weighted by molar-refractivity contribution is 0.0965. The molecule has 6 heteroatoms. The first-order valence-electron chi connectivity index (χ1n) is 6.48. The molecule has 4 nitrogen and oxygen atoms in total. The molecule has 0 saturated carbocycles. The quantitative estimate of drug-likeness (QED) is 0.679. The number of hydrogen-bond acceptors (Lipinski definition) is 4. The number of ketones is 1. The van der Waals surface area contributed by atoms with Gasteiger partial charge >= 0.3 is 0 Å². The fraction of sp³-hybridized carbons (Fsp3) is 0.429. The van der Waals surface area contributed by atoms with E-state index >= 15 is 0 Å². The van der Waals surface area contributed by atoms with Gasteiger partial charge in [0.1, 0.15) is 5.69 Å². The number of ether oxygens (including phenoxy) is 1. The lowest BCUT2D eigenvalue weighted by atomic mass is 10.1. The monoisotopic (exact) mass is 356 g/mol. The van der Waals surface area contributed by atoms with Crippen molar-refractivity contribution in [2.45, 2.75) is 25.8 Å². The molecule has 2 heterocycles. The zero-order valence-corrected chi connectivity index (χ0v) is 13.7. The number of carbonyl (C=O) groups is 1. The van der Waals surface area contributed by atoms with E-state index in [9.17, 15) is 4.79 Å². The van der Waals surface area contributed by atoms with Crippen molar-refractivity contribution in [1.82, 2.24) is 9.78 Å². The first-order chi connectivity index (χ1) is 9.72. The van der Waals surface area contributed by atoms with E-state index in [0.717, 1.165) is 17.3 Å². The van der Waals surface area contributed by atoms with Crippen molar-refractivity contribution in [3.05, 3.63) is 38.8 Å². The summed E-state index contributed by atoms with van der Waals surface area (Å²) in [4.78, 5) is 13.6. The largest absolute Gasteiger partial charge is 0.383 e. The lowest BCUT2D eigenvalue weighted by Gasteiger charge is -2.06. The van der Waals surface area contributed by atoms with Gasteiger partial charge in [-0.3, -0.25) is 9.48 Å². The standard InChI is InChI=1S/C14H17BrN2O2S/c1-19-8-7-17-14(12(15)10-16-17)13(18)6-2-4-11-5-3-9-20-11/h3,5,9-10H,2,4,6-8H2,1H3. The molecular formula is C14H17BrN2O2S. The molecule has 0 saturated heterocycles. The van der Waals surface area contributed by atoms with Crippen LogP contribution in [0.25, 0.3) is 0 Å². The second kappa shape index (κ2) is 7.71. The highest BCUT2D eigenvalue weighted by molar-refractivity contribution is 9.10. The third-order valence-corrected chi connectivity index (χ3v) is 4.49. The Morgan fingerprint density at radius 1 is 1.55 bits per heavy atom. The summed E-state index contributed by atoms with van der Waals surface area (Å²) in [5, 5.41) is 6.27. The van der Waals surface area contributed by atoms with Crippen LogP contribution in [-0.2, 0) is 17.7 Å². The van der Waals surface area contributed by atoms with Gasteiger partial charge in [0.05, 0.1) is 23.8 Å². The highest BCUT2D eigenvalue weighted by Crippen LogP contribution is 2.19. The molecule has 0 aliphatic carbocycles. The number of rotatable bonds is 8. The van der Waals surface area contributed by atoms with Crippen LogP contribution in [0.3, 0.4) is 0 Å². The molecule has 0 spiro atoms. The van der Waals surface area contributed by atoms with E-state index in [1.165, 1.54) is 4.88 Å². The number of halogens is 1. The molecule has 20 heavy (non-hydrogen) atoms. The second-order valence-corrected chi connectivity index (χ2v) is 6.30. The van der Waals surface area contributed by atoms with Crippen LogP contribution in [-0.4, -0.2) is 29.3 Å². The number of aryl methyl sites for hydroxylation is 1. The molecule has 0 N–H and O–H groups in total. The van der Waals surface area contributed by atoms with Crippen LogP contribution in [0.2, 0.25) is 0 Å². The number of nitrogens with zero attached hydrogens (tertiary/aromatic N) is 2. The van der Waals surface area contributed by atoms with Gasteiger partial charge in [-0.15, -0.1) is 11.3 Å². The van der Waals surface area contributed by atoms with E-state index in [2.05, 4.69) is 32.5 Å². The molecule has 0 amide bonds. The Balaban J connectivity index is 1.92. The molecule has 0 unspecified atom stereocenters. The minimum absolute atomic E-state index is 0.127. The average molecular weight is 357 g/mol. The summed E-state index contributed by atoms with van der Waals surface area (Å²) in [7, 11) is 1.64. The van der Waals surface area contributed by atoms with Gasteiger partial charge in [-0.25, -0.2) is 0 Å². The summed E-state index contributed by atoms with van der Waals surface area (Å²) in [5.74, 6) is 0.127. The van der Waals surface area contributed by atoms with E-state index in [1.54, 1.807) is 29.3 Å². The number of aromatic nitrogens is 2. The smallest absolute Gasteiger partial charge is 0.182 e. The number of thiophene rings is 1. The summed E-state index contributed by atoms with van der Waals surface area (Å²) in [5.41, 5.74) is 0.647. The summed E-state index contributed by atoms with van der Waals surface area (Å²) in [6.45, 7) is 1.14. The van der Waals surface area contributed by atoms with Crippen molar-refractivity contribution < 1.29 is 9.53 Å². The van der Waals surface area contributed by atoms with Crippen LogP contribution in [0.5, 0.6) is 0 Å². The maximum atomic E-state index is 12.3. The average Bonchev–Trinajstić information content (AvgIpc) is 3.06. The summed E-state index contributed by atoms with van der Waals surface area (Å²) in [6, 6.07) is 4.14. The Hall–Kier alpha value is -0.980. The molecule has 0 aliphatic rings. The van der Waals surface area contributed by atoms with E-state index < -0.39 is 0 Å². The molecule has 108 valence electrons. The predicted molar refractivity (Wildman–Crippen MR) is 83.4 cm³/mol. The predicted octanol–water partition coefficient (Wildman–Crippen LogP) is 3.56. The van der Waals surface area contributed by atoms with Crippen LogP contribution >= 0.6 is 27.3 Å². The van der Waals surface area contributed by atoms with E-state index in [1.807, 2.05) is 6.07 Å². The second-order valence-electron chi connectivity index (χ2n) is 4.41. The van der Waals surface area contributed by atoms with Crippen LogP contribution in [0.15, 0.2) is 28.2 Å². The van der Waals surface area contributed by atoms with Gasteiger partial charge in [0.25, 0.3) is 0 Å². The SMILES string of the molecule is COCCn1ncc(Br)c1C(=O)CCCc1cccs1. The fourth-order valence-electron chi connectivity index (χ4n) is 1.98. The van der Waals surface area contributed by atoms with Crippen molar-refractivity contribution in [3.8, 4) is 0 Å². The van der Waals surface area contributed by atoms with Crippen molar-refractivity contribution in [2.75, 3.05) is 13.7 Å². The first kappa shape index (κ1) is 15.4. The maximum Gasteiger partial charge on any atom is 0.182 e. The third-order valence-electron chi connectivity index (χ3n) is 2.97. The molecule has 0 bridgehead atoms. The minimum Gasteiger partial charge on any atom is -0.383 e. The molecule has 2 aromatic rings. The van der Waals surface area contributed by atoms with Gasteiger partial charge in [-0.2, -0.15) is 5.10 Å². The Bertz CT molecular complexity index is 552. The van der Waals surface area contributed by atoms with Crippen LogP contribution < -0.4 is 0 Å². The molecule has 0 aromatic carbocycles.